The molecule has 0 radical (unpaired) electrons. The highest BCUT2D eigenvalue weighted by Gasteiger charge is 2.21. The minimum atomic E-state index is -0.331. The molecule has 0 unspecified atom stereocenters. The number of hydrogen-bond acceptors (Lipinski definition) is 4. The molecule has 0 amide bonds. The fourth-order valence-corrected chi connectivity index (χ4v) is 3.93. The maximum Gasteiger partial charge on any atom is 0.151 e. The molecule has 4 heterocycles. The topological polar surface area (TPSA) is 46.8 Å². The number of aryl methyl sites for hydroxylation is 2. The van der Waals surface area contributed by atoms with E-state index in [2.05, 4.69) is 27.1 Å². The van der Waals surface area contributed by atoms with E-state index in [1.54, 1.807) is 12.3 Å². The average molecular weight is 349 g/mol. The second-order valence-electron chi connectivity index (χ2n) is 7.05. The first-order valence-corrected chi connectivity index (χ1v) is 9.14. The van der Waals surface area contributed by atoms with E-state index in [0.717, 1.165) is 44.0 Å². The Kier molecular flexibility index (Phi) is 3.78. The van der Waals surface area contributed by atoms with Gasteiger partial charge in [-0.25, -0.2) is 4.39 Å². The van der Waals surface area contributed by atoms with Gasteiger partial charge in [-0.3, -0.25) is 19.5 Å². The molecule has 5 nitrogen and oxygen atoms in total. The van der Waals surface area contributed by atoms with Crippen LogP contribution in [0.5, 0.6) is 0 Å². The molecule has 0 N–H and O–H groups in total. The van der Waals surface area contributed by atoms with Crippen LogP contribution in [-0.4, -0.2) is 31.2 Å². The van der Waals surface area contributed by atoms with Crippen molar-refractivity contribution in [2.45, 2.75) is 38.9 Å². The van der Waals surface area contributed by atoms with Crippen LogP contribution in [0.15, 0.2) is 36.5 Å². The highest BCUT2D eigenvalue weighted by Crippen LogP contribution is 2.24. The number of fused-ring (bicyclic) bond motifs is 2. The Morgan fingerprint density at radius 2 is 2.08 bits per heavy atom. The lowest BCUT2D eigenvalue weighted by Gasteiger charge is -2.27. The van der Waals surface area contributed by atoms with E-state index in [4.69, 9.17) is 4.98 Å². The number of rotatable bonds is 3. The van der Waals surface area contributed by atoms with Crippen LogP contribution in [0.2, 0.25) is 0 Å². The summed E-state index contributed by atoms with van der Waals surface area (Å²) in [6.07, 6.45) is 5.09. The molecule has 0 fully saturated rings. The summed E-state index contributed by atoms with van der Waals surface area (Å²) in [5.41, 5.74) is 5.84. The summed E-state index contributed by atoms with van der Waals surface area (Å²) < 4.78 is 16.0. The van der Waals surface area contributed by atoms with Crippen molar-refractivity contribution in [3.05, 3.63) is 65.0 Å². The summed E-state index contributed by atoms with van der Waals surface area (Å²) in [6, 6.07) is 9.37. The van der Waals surface area contributed by atoms with Crippen molar-refractivity contribution < 1.29 is 4.39 Å². The van der Waals surface area contributed by atoms with Crippen molar-refractivity contribution in [3.8, 4) is 11.4 Å². The van der Waals surface area contributed by atoms with Crippen molar-refractivity contribution in [3.63, 3.8) is 0 Å². The molecule has 2 aliphatic rings. The van der Waals surface area contributed by atoms with Crippen LogP contribution >= 0.6 is 0 Å². The Morgan fingerprint density at radius 1 is 1.12 bits per heavy atom. The molecule has 0 atom stereocenters. The van der Waals surface area contributed by atoms with Gasteiger partial charge in [0, 0.05) is 31.5 Å². The highest BCUT2D eigenvalue weighted by atomic mass is 19.1. The number of hydrogen-bond donors (Lipinski definition) is 0. The van der Waals surface area contributed by atoms with E-state index in [0.29, 0.717) is 11.4 Å². The largest absolute Gasteiger partial charge is 0.290 e. The van der Waals surface area contributed by atoms with Crippen molar-refractivity contribution in [1.29, 1.82) is 0 Å². The van der Waals surface area contributed by atoms with E-state index >= 15 is 0 Å². The third kappa shape index (κ3) is 2.80. The summed E-state index contributed by atoms with van der Waals surface area (Å²) in [4.78, 5) is 11.4. The summed E-state index contributed by atoms with van der Waals surface area (Å²) in [5.74, 6) is -0.331. The van der Waals surface area contributed by atoms with Crippen LogP contribution in [0.4, 0.5) is 4.39 Å². The van der Waals surface area contributed by atoms with Crippen LogP contribution < -0.4 is 0 Å². The van der Waals surface area contributed by atoms with Gasteiger partial charge in [0.15, 0.2) is 5.82 Å². The third-order valence-corrected chi connectivity index (χ3v) is 5.25. The zero-order valence-electron chi connectivity index (χ0n) is 14.5. The van der Waals surface area contributed by atoms with Gasteiger partial charge in [0.25, 0.3) is 0 Å². The second kappa shape index (κ2) is 6.29. The standard InChI is InChI=1S/C20H20FN5/c21-17-4-2-8-22-20(17)19-11-16-13-25(9-10-26(16)24-19)12-15-7-6-14-3-1-5-18(14)23-15/h2,4,6-8,11H,1,3,5,9-10,12-13H2. The Bertz CT molecular complexity index is 965. The Hall–Kier alpha value is -2.60. The van der Waals surface area contributed by atoms with Gasteiger partial charge < -0.3 is 0 Å². The van der Waals surface area contributed by atoms with Crippen LogP contribution in [-0.2, 0) is 32.5 Å². The first-order valence-electron chi connectivity index (χ1n) is 9.14. The maximum atomic E-state index is 14.0. The van der Waals surface area contributed by atoms with Gasteiger partial charge in [0.2, 0.25) is 0 Å². The van der Waals surface area contributed by atoms with Gasteiger partial charge in [-0.05, 0) is 49.1 Å². The summed E-state index contributed by atoms with van der Waals surface area (Å²) >= 11 is 0. The van der Waals surface area contributed by atoms with Gasteiger partial charge in [-0.2, -0.15) is 5.10 Å². The molecule has 0 spiro atoms. The monoisotopic (exact) mass is 349 g/mol. The fourth-order valence-electron chi connectivity index (χ4n) is 3.93. The van der Waals surface area contributed by atoms with E-state index < -0.39 is 0 Å². The molecule has 0 saturated carbocycles. The zero-order chi connectivity index (χ0) is 17.5. The van der Waals surface area contributed by atoms with E-state index in [-0.39, 0.29) is 5.82 Å². The van der Waals surface area contributed by atoms with Crippen molar-refractivity contribution in [2.24, 2.45) is 0 Å². The smallest absolute Gasteiger partial charge is 0.151 e. The molecule has 3 aromatic heterocycles. The molecule has 3 aromatic rings. The van der Waals surface area contributed by atoms with Gasteiger partial charge in [0.05, 0.1) is 17.9 Å². The molecular weight excluding hydrogens is 329 g/mol. The Balaban J connectivity index is 1.35. The second-order valence-corrected chi connectivity index (χ2v) is 7.05. The third-order valence-electron chi connectivity index (χ3n) is 5.25. The predicted molar refractivity (Wildman–Crippen MR) is 95.8 cm³/mol. The quantitative estimate of drug-likeness (QED) is 0.729. The lowest BCUT2D eigenvalue weighted by Crippen LogP contribution is -2.33. The SMILES string of the molecule is Fc1cccnc1-c1cc2n(n1)CCN(Cc1ccc3c(n1)CCC3)C2. The maximum absolute atomic E-state index is 14.0. The highest BCUT2D eigenvalue weighted by molar-refractivity contribution is 5.55. The number of pyridine rings is 2. The lowest BCUT2D eigenvalue weighted by atomic mass is 10.2. The molecule has 6 heteroatoms. The Labute approximate surface area is 151 Å². The van der Waals surface area contributed by atoms with Crippen LogP contribution in [0, 0.1) is 5.82 Å². The molecule has 0 aromatic carbocycles. The molecule has 132 valence electrons. The normalized spacial score (nSPS) is 16.5. The van der Waals surface area contributed by atoms with Gasteiger partial charge in [0.1, 0.15) is 11.4 Å². The molecule has 5 rings (SSSR count). The van der Waals surface area contributed by atoms with Crippen molar-refractivity contribution in [2.75, 3.05) is 6.54 Å². The number of aromatic nitrogens is 4. The van der Waals surface area contributed by atoms with Gasteiger partial charge >= 0.3 is 0 Å². The summed E-state index contributed by atoms with van der Waals surface area (Å²) in [7, 11) is 0. The van der Waals surface area contributed by atoms with E-state index in [1.807, 2.05) is 10.7 Å². The zero-order valence-corrected chi connectivity index (χ0v) is 14.5. The molecule has 26 heavy (non-hydrogen) atoms. The molecule has 0 saturated heterocycles. The summed E-state index contributed by atoms with van der Waals surface area (Å²) in [5, 5.41) is 4.54. The van der Waals surface area contributed by atoms with Crippen molar-refractivity contribution in [1.82, 2.24) is 24.6 Å². The first-order chi connectivity index (χ1) is 12.8. The van der Waals surface area contributed by atoms with E-state index in [1.165, 1.54) is 30.2 Å². The predicted octanol–water partition coefficient (Wildman–Crippen LogP) is 2.98. The van der Waals surface area contributed by atoms with Crippen LogP contribution in [0.25, 0.3) is 11.4 Å². The van der Waals surface area contributed by atoms with Gasteiger partial charge in [-0.1, -0.05) is 6.07 Å². The number of halogens is 1. The minimum Gasteiger partial charge on any atom is -0.290 e. The van der Waals surface area contributed by atoms with Crippen molar-refractivity contribution >= 4 is 0 Å². The lowest BCUT2D eigenvalue weighted by molar-refractivity contribution is 0.203. The van der Waals surface area contributed by atoms with Gasteiger partial charge in [-0.15, -0.1) is 0 Å². The van der Waals surface area contributed by atoms with Crippen LogP contribution in [0.1, 0.15) is 29.1 Å². The first kappa shape index (κ1) is 15.6. The molecule has 0 bridgehead atoms. The average Bonchev–Trinajstić information content (AvgIpc) is 3.27. The van der Waals surface area contributed by atoms with E-state index in [9.17, 15) is 4.39 Å². The minimum absolute atomic E-state index is 0.321. The molecule has 1 aliphatic carbocycles. The fraction of sp³-hybridized carbons (Fsp3) is 0.350. The Morgan fingerprint density at radius 3 is 3.00 bits per heavy atom. The number of nitrogens with zero attached hydrogens (tertiary/aromatic N) is 5. The summed E-state index contributed by atoms with van der Waals surface area (Å²) in [6.45, 7) is 3.35. The molecular formula is C20H20FN5. The molecule has 1 aliphatic heterocycles. The van der Waals surface area contributed by atoms with Crippen LogP contribution in [0.3, 0.4) is 0 Å².